The molecule has 2 aromatic rings. The highest BCUT2D eigenvalue weighted by Crippen LogP contribution is 2.32. The standard InChI is InChI=1S/C21H27N5O3S/c1-13(2)8-11-30-18-5-4-16(12-17(18)26(28)29)21(27)23-20-14(3)19(24-25-20)15-6-9-22-10-7-15/h4-7,9-10,12-14,19-20,24-25H,8,11H2,1-3H3,(H,23,27). The molecule has 1 saturated heterocycles. The van der Waals surface area contributed by atoms with Crippen molar-refractivity contribution in [3.05, 3.63) is 64.0 Å². The maximum absolute atomic E-state index is 12.8. The third kappa shape index (κ3) is 5.35. The Bertz CT molecular complexity index is 893. The van der Waals surface area contributed by atoms with Gasteiger partial charge in [-0.05, 0) is 47.9 Å². The molecule has 1 amide bonds. The van der Waals surface area contributed by atoms with Gasteiger partial charge in [0.2, 0.25) is 0 Å². The van der Waals surface area contributed by atoms with Crippen LogP contribution < -0.4 is 16.2 Å². The Kier molecular flexibility index (Phi) is 7.41. The van der Waals surface area contributed by atoms with E-state index in [1.165, 1.54) is 17.8 Å². The van der Waals surface area contributed by atoms with Crippen molar-refractivity contribution in [2.45, 2.75) is 44.3 Å². The van der Waals surface area contributed by atoms with Crippen LogP contribution in [-0.2, 0) is 0 Å². The second-order valence-corrected chi connectivity index (χ2v) is 8.96. The van der Waals surface area contributed by atoms with Gasteiger partial charge in [0.1, 0.15) is 0 Å². The lowest BCUT2D eigenvalue weighted by Crippen LogP contribution is -2.46. The summed E-state index contributed by atoms with van der Waals surface area (Å²) in [6.45, 7) is 6.27. The average Bonchev–Trinajstić information content (AvgIpc) is 3.08. The van der Waals surface area contributed by atoms with Crippen molar-refractivity contribution in [2.24, 2.45) is 11.8 Å². The molecule has 1 fully saturated rings. The molecular weight excluding hydrogens is 402 g/mol. The maximum Gasteiger partial charge on any atom is 0.283 e. The van der Waals surface area contributed by atoms with Gasteiger partial charge in [0, 0.05) is 29.9 Å². The number of amides is 1. The van der Waals surface area contributed by atoms with Crippen molar-refractivity contribution < 1.29 is 9.72 Å². The second kappa shape index (κ2) is 10.0. The summed E-state index contributed by atoms with van der Waals surface area (Å²) >= 11 is 1.45. The van der Waals surface area contributed by atoms with E-state index in [1.807, 2.05) is 19.1 Å². The number of nitro benzene ring substituents is 1. The monoisotopic (exact) mass is 429 g/mol. The van der Waals surface area contributed by atoms with Crippen molar-refractivity contribution in [3.63, 3.8) is 0 Å². The summed E-state index contributed by atoms with van der Waals surface area (Å²) in [7, 11) is 0. The SMILES string of the molecule is CC(C)CCSc1ccc(C(=O)NC2NNC(c3ccncc3)C2C)cc1[N+](=O)[O-]. The highest BCUT2D eigenvalue weighted by molar-refractivity contribution is 7.99. The summed E-state index contributed by atoms with van der Waals surface area (Å²) in [5, 5.41) is 14.5. The van der Waals surface area contributed by atoms with Crippen LogP contribution in [0.3, 0.4) is 0 Å². The number of nitrogens with zero attached hydrogens (tertiary/aromatic N) is 2. The molecule has 3 unspecified atom stereocenters. The minimum Gasteiger partial charge on any atom is -0.335 e. The van der Waals surface area contributed by atoms with Crippen molar-refractivity contribution >= 4 is 23.4 Å². The number of nitrogens with one attached hydrogen (secondary N) is 3. The first-order valence-corrected chi connectivity index (χ1v) is 11.0. The Hall–Kier alpha value is -2.49. The van der Waals surface area contributed by atoms with Gasteiger partial charge in [-0.25, -0.2) is 10.9 Å². The van der Waals surface area contributed by atoms with Crippen LogP contribution in [0.2, 0.25) is 0 Å². The summed E-state index contributed by atoms with van der Waals surface area (Å²) in [6, 6.07) is 8.56. The van der Waals surface area contributed by atoms with Gasteiger partial charge in [-0.15, -0.1) is 11.8 Å². The molecule has 8 nitrogen and oxygen atoms in total. The van der Waals surface area contributed by atoms with Crippen LogP contribution >= 0.6 is 11.8 Å². The molecule has 30 heavy (non-hydrogen) atoms. The molecule has 0 spiro atoms. The van der Waals surface area contributed by atoms with E-state index in [4.69, 9.17) is 0 Å². The van der Waals surface area contributed by atoms with Gasteiger partial charge in [-0.1, -0.05) is 20.8 Å². The van der Waals surface area contributed by atoms with Crippen LogP contribution in [0.25, 0.3) is 0 Å². The summed E-state index contributed by atoms with van der Waals surface area (Å²) in [5.41, 5.74) is 7.61. The van der Waals surface area contributed by atoms with Gasteiger partial charge in [-0.2, -0.15) is 0 Å². The Balaban J connectivity index is 1.68. The summed E-state index contributed by atoms with van der Waals surface area (Å²) in [6.07, 6.45) is 4.13. The van der Waals surface area contributed by atoms with Crippen molar-refractivity contribution in [2.75, 3.05) is 5.75 Å². The lowest BCUT2D eigenvalue weighted by atomic mass is 9.95. The van der Waals surface area contributed by atoms with E-state index in [1.54, 1.807) is 24.5 Å². The van der Waals surface area contributed by atoms with E-state index in [9.17, 15) is 14.9 Å². The number of carbonyl (C=O) groups is 1. The van der Waals surface area contributed by atoms with Gasteiger partial charge in [-0.3, -0.25) is 19.9 Å². The van der Waals surface area contributed by atoms with E-state index in [2.05, 4.69) is 35.0 Å². The molecule has 0 saturated carbocycles. The lowest BCUT2D eigenvalue weighted by Gasteiger charge is -2.20. The van der Waals surface area contributed by atoms with Gasteiger partial charge in [0.05, 0.1) is 22.0 Å². The van der Waals surface area contributed by atoms with Gasteiger partial charge in [0.25, 0.3) is 11.6 Å². The van der Waals surface area contributed by atoms with E-state index in [0.29, 0.717) is 10.8 Å². The van der Waals surface area contributed by atoms with Crippen LogP contribution in [0.4, 0.5) is 5.69 Å². The number of pyridine rings is 1. The minimum absolute atomic E-state index is 0.0207. The largest absolute Gasteiger partial charge is 0.335 e. The van der Waals surface area contributed by atoms with Crippen molar-refractivity contribution in [3.8, 4) is 0 Å². The molecule has 0 aliphatic carbocycles. The van der Waals surface area contributed by atoms with Crippen LogP contribution in [0.5, 0.6) is 0 Å². The van der Waals surface area contributed by atoms with Gasteiger partial charge < -0.3 is 5.32 Å². The molecule has 3 rings (SSSR count). The zero-order valence-electron chi connectivity index (χ0n) is 17.3. The smallest absolute Gasteiger partial charge is 0.283 e. The fourth-order valence-electron chi connectivity index (χ4n) is 3.31. The van der Waals surface area contributed by atoms with Crippen LogP contribution in [0, 0.1) is 22.0 Å². The Morgan fingerprint density at radius 1 is 1.27 bits per heavy atom. The molecule has 3 N–H and O–H groups in total. The fraction of sp³-hybridized carbons (Fsp3) is 0.429. The number of hydrogen-bond donors (Lipinski definition) is 3. The fourth-order valence-corrected chi connectivity index (χ4v) is 4.57. The topological polar surface area (TPSA) is 109 Å². The zero-order chi connectivity index (χ0) is 21.7. The molecular formula is C21H27N5O3S. The Morgan fingerprint density at radius 2 is 2.00 bits per heavy atom. The molecule has 0 radical (unpaired) electrons. The predicted octanol–water partition coefficient (Wildman–Crippen LogP) is 3.67. The summed E-state index contributed by atoms with van der Waals surface area (Å²) in [5.74, 6) is 1.05. The third-order valence-corrected chi connectivity index (χ3v) is 6.26. The highest BCUT2D eigenvalue weighted by Gasteiger charge is 2.34. The number of aromatic nitrogens is 1. The average molecular weight is 430 g/mol. The van der Waals surface area contributed by atoms with Crippen LogP contribution in [0.15, 0.2) is 47.6 Å². The predicted molar refractivity (Wildman–Crippen MR) is 117 cm³/mol. The first-order valence-electron chi connectivity index (χ1n) is 10.00. The van der Waals surface area contributed by atoms with E-state index < -0.39 is 4.92 Å². The number of carbonyl (C=O) groups excluding carboxylic acids is 1. The zero-order valence-corrected chi connectivity index (χ0v) is 18.1. The number of rotatable bonds is 8. The minimum atomic E-state index is -0.425. The van der Waals surface area contributed by atoms with Crippen LogP contribution in [0.1, 0.15) is 49.2 Å². The Labute approximate surface area is 180 Å². The van der Waals surface area contributed by atoms with Crippen molar-refractivity contribution in [1.82, 2.24) is 21.2 Å². The Morgan fingerprint density at radius 3 is 2.67 bits per heavy atom. The van der Waals surface area contributed by atoms with E-state index in [0.717, 1.165) is 17.7 Å². The van der Waals surface area contributed by atoms with Gasteiger partial charge >= 0.3 is 0 Å². The number of nitro groups is 1. The summed E-state index contributed by atoms with van der Waals surface area (Å²) < 4.78 is 0. The van der Waals surface area contributed by atoms with E-state index in [-0.39, 0.29) is 35.3 Å². The normalized spacial score (nSPS) is 21.0. The molecule has 3 atom stereocenters. The lowest BCUT2D eigenvalue weighted by molar-refractivity contribution is -0.387. The van der Waals surface area contributed by atoms with Crippen molar-refractivity contribution in [1.29, 1.82) is 0 Å². The third-order valence-electron chi connectivity index (χ3n) is 5.17. The quantitative estimate of drug-likeness (QED) is 0.334. The van der Waals surface area contributed by atoms with Gasteiger partial charge in [0.15, 0.2) is 0 Å². The number of hydrazine groups is 1. The summed E-state index contributed by atoms with van der Waals surface area (Å²) in [4.78, 5) is 28.5. The van der Waals surface area contributed by atoms with Crippen LogP contribution in [-0.4, -0.2) is 27.7 Å². The molecule has 1 aliphatic rings. The maximum atomic E-state index is 12.8. The second-order valence-electron chi connectivity index (χ2n) is 7.83. The molecule has 0 bridgehead atoms. The highest BCUT2D eigenvalue weighted by atomic mass is 32.2. The molecule has 160 valence electrons. The molecule has 1 aromatic heterocycles. The molecule has 1 aliphatic heterocycles. The first-order chi connectivity index (χ1) is 14.4. The molecule has 2 heterocycles. The first kappa shape index (κ1) is 22.2. The van der Waals surface area contributed by atoms with E-state index >= 15 is 0 Å². The molecule has 9 heteroatoms. The number of thioether (sulfide) groups is 1. The number of hydrogen-bond acceptors (Lipinski definition) is 7. The number of benzene rings is 1. The molecule has 1 aromatic carbocycles.